The highest BCUT2D eigenvalue weighted by Crippen LogP contribution is 2.48. The number of nitrogens with zero attached hydrogens (tertiary/aromatic N) is 2. The fourth-order valence-electron chi connectivity index (χ4n) is 8.52. The van der Waals surface area contributed by atoms with Gasteiger partial charge in [-0.05, 0) is 81.4 Å². The summed E-state index contributed by atoms with van der Waals surface area (Å²) in [5.74, 6) is -0.617. The molecular weight excluding hydrogens is 797 g/mol. The number of anilines is 1. The van der Waals surface area contributed by atoms with E-state index >= 15 is 9.59 Å². The van der Waals surface area contributed by atoms with Crippen LogP contribution < -0.4 is 9.64 Å². The van der Waals surface area contributed by atoms with Gasteiger partial charge in [0.15, 0.2) is 0 Å². The van der Waals surface area contributed by atoms with Gasteiger partial charge in [-0.2, -0.15) is 0 Å². The number of hydrogen-bond acceptors (Lipinski definition) is 6. The molecule has 1 N–H and O–H groups in total. The van der Waals surface area contributed by atoms with E-state index in [4.69, 9.17) is 9.47 Å². The Morgan fingerprint density at radius 2 is 1.17 bits per heavy atom. The van der Waals surface area contributed by atoms with Crippen molar-refractivity contribution in [2.45, 2.75) is 44.5 Å². The van der Waals surface area contributed by atoms with Crippen molar-refractivity contribution in [1.29, 1.82) is 0 Å². The summed E-state index contributed by atoms with van der Waals surface area (Å²) < 4.78 is 12.3. The van der Waals surface area contributed by atoms with E-state index in [1.54, 1.807) is 34.1 Å². The van der Waals surface area contributed by atoms with Gasteiger partial charge in [0.2, 0.25) is 0 Å². The smallest absolute Gasteiger partial charge is 0.302 e. The van der Waals surface area contributed by atoms with E-state index in [-0.39, 0.29) is 38.0 Å². The van der Waals surface area contributed by atoms with E-state index in [9.17, 15) is 9.90 Å². The highest BCUT2D eigenvalue weighted by atomic mass is 16.5. The van der Waals surface area contributed by atoms with Crippen LogP contribution in [0.15, 0.2) is 195 Å². The number of carbonyl (C=O) groups is 3. The van der Waals surface area contributed by atoms with E-state index < -0.39 is 24.2 Å². The average molecular weight is 847 g/mol. The third-order valence-electron chi connectivity index (χ3n) is 11.6. The predicted octanol–water partition coefficient (Wildman–Crippen LogP) is 11.4. The minimum atomic E-state index is -0.907. The molecule has 8 nitrogen and oxygen atoms in total. The molecule has 320 valence electrons. The van der Waals surface area contributed by atoms with Gasteiger partial charge in [0.05, 0.1) is 24.4 Å². The van der Waals surface area contributed by atoms with Gasteiger partial charge in [-0.1, -0.05) is 146 Å². The van der Waals surface area contributed by atoms with E-state index in [1.165, 1.54) is 6.92 Å². The molecule has 7 aromatic rings. The van der Waals surface area contributed by atoms with Gasteiger partial charge >= 0.3 is 5.97 Å². The lowest BCUT2D eigenvalue weighted by molar-refractivity contribution is -0.147. The number of benzene rings is 7. The Hall–Kier alpha value is -7.55. The first kappa shape index (κ1) is 43.1. The molecule has 0 radical (unpaired) electrons. The number of aliphatic hydroxyl groups is 1. The highest BCUT2D eigenvalue weighted by Gasteiger charge is 2.51. The van der Waals surface area contributed by atoms with Crippen molar-refractivity contribution in [2.24, 2.45) is 0 Å². The number of aliphatic hydroxyl groups excluding tert-OH is 1. The lowest BCUT2D eigenvalue weighted by Gasteiger charge is -2.39. The Morgan fingerprint density at radius 3 is 1.67 bits per heavy atom. The first-order valence-corrected chi connectivity index (χ1v) is 21.6. The molecule has 0 spiro atoms. The molecular formula is C56H50N2O6. The van der Waals surface area contributed by atoms with Gasteiger partial charge in [0.25, 0.3) is 11.8 Å². The molecule has 0 aliphatic carbocycles. The van der Waals surface area contributed by atoms with Crippen molar-refractivity contribution in [3.63, 3.8) is 0 Å². The summed E-state index contributed by atoms with van der Waals surface area (Å²) in [6.45, 7) is 5.74. The van der Waals surface area contributed by atoms with Gasteiger partial charge in [0, 0.05) is 49.6 Å². The molecule has 2 amide bonds. The average Bonchev–Trinajstić information content (AvgIpc) is 3.67. The Bertz CT molecular complexity index is 2690. The molecule has 3 atom stereocenters. The number of rotatable bonds is 16. The zero-order chi connectivity index (χ0) is 44.4. The molecule has 1 heterocycles. The van der Waals surface area contributed by atoms with Crippen LogP contribution in [0.25, 0.3) is 33.4 Å². The molecule has 1 aliphatic rings. The molecule has 0 saturated carbocycles. The van der Waals surface area contributed by atoms with Crippen molar-refractivity contribution in [2.75, 3.05) is 18.1 Å². The van der Waals surface area contributed by atoms with Crippen LogP contribution in [0.1, 0.15) is 57.7 Å². The highest BCUT2D eigenvalue weighted by molar-refractivity contribution is 6.09. The minimum Gasteiger partial charge on any atom is -0.493 e. The van der Waals surface area contributed by atoms with E-state index in [0.29, 0.717) is 34.5 Å². The second-order valence-electron chi connectivity index (χ2n) is 15.8. The molecule has 8 rings (SSSR count). The van der Waals surface area contributed by atoms with Crippen LogP contribution >= 0.6 is 0 Å². The summed E-state index contributed by atoms with van der Waals surface area (Å²) in [5.41, 5.74) is 8.99. The molecule has 0 bridgehead atoms. The lowest BCUT2D eigenvalue weighted by atomic mass is 9.93. The number of hydrogen-bond donors (Lipinski definition) is 1. The third kappa shape index (κ3) is 9.58. The van der Waals surface area contributed by atoms with E-state index in [1.807, 2.05) is 152 Å². The summed E-state index contributed by atoms with van der Waals surface area (Å²) >= 11 is 0. The molecule has 0 fully saturated rings. The van der Waals surface area contributed by atoms with Crippen molar-refractivity contribution in [3.05, 3.63) is 217 Å². The maximum absolute atomic E-state index is 15.5. The molecule has 1 unspecified atom stereocenters. The lowest BCUT2D eigenvalue weighted by Crippen LogP contribution is -2.52. The zero-order valence-corrected chi connectivity index (χ0v) is 35.8. The van der Waals surface area contributed by atoms with Gasteiger partial charge in [-0.3, -0.25) is 19.3 Å². The molecule has 0 saturated heterocycles. The second kappa shape index (κ2) is 20.1. The maximum atomic E-state index is 15.5. The SMILES string of the molecule is C=CCC(OC(C)=O)[C@@H]1[C@@H](N(Cc2ccc(-c3ccccc3)cc2)C(=O)c2ccc(-c3ccccc3)cc2)c2cc(OCCCO)ccc2N1C(=O)c1ccc(-c2ccccc2)cc1. The molecule has 1 aliphatic heterocycles. The predicted molar refractivity (Wildman–Crippen MR) is 253 cm³/mol. The number of amides is 2. The minimum absolute atomic E-state index is 0.0407. The number of ether oxygens (including phenoxy) is 2. The molecule has 8 heteroatoms. The summed E-state index contributed by atoms with van der Waals surface area (Å²) in [4.78, 5) is 47.2. The topological polar surface area (TPSA) is 96.4 Å². The Morgan fingerprint density at radius 1 is 0.672 bits per heavy atom. The van der Waals surface area contributed by atoms with Crippen LogP contribution in [0, 0.1) is 0 Å². The standard InChI is InChI=1S/C56H50N2O6/c1-3-14-52(64-39(2)60)54-53(50-37-49(63-36-13-35-59)33-34-51(50)58(54)56(62)48-31-27-46(28-32-48)43-19-11-6-12-20-43)57(38-40-21-23-44(24-22-40)41-15-7-4-8-16-41)55(61)47-29-25-45(26-30-47)42-17-9-5-10-18-42/h3-12,15-34,37,52-54,59H,1,13-14,35-36,38H2,2H3/t52?,53-,54+/m0/s1. The fourth-order valence-corrected chi connectivity index (χ4v) is 8.52. The summed E-state index contributed by atoms with van der Waals surface area (Å²) in [6.07, 6.45) is 1.38. The van der Waals surface area contributed by atoms with Crippen LogP contribution in [0.3, 0.4) is 0 Å². The van der Waals surface area contributed by atoms with E-state index in [0.717, 1.165) is 38.9 Å². The van der Waals surface area contributed by atoms with Gasteiger partial charge in [-0.15, -0.1) is 6.58 Å². The first-order chi connectivity index (χ1) is 31.3. The first-order valence-electron chi connectivity index (χ1n) is 21.6. The molecule has 7 aromatic carbocycles. The summed E-state index contributed by atoms with van der Waals surface area (Å²) in [7, 11) is 0. The number of fused-ring (bicyclic) bond motifs is 1. The van der Waals surface area contributed by atoms with Crippen molar-refractivity contribution < 1.29 is 29.0 Å². The van der Waals surface area contributed by atoms with Gasteiger partial charge < -0.3 is 19.5 Å². The normalized spacial score (nSPS) is 14.6. The molecule has 64 heavy (non-hydrogen) atoms. The largest absolute Gasteiger partial charge is 0.493 e. The number of carbonyl (C=O) groups excluding carboxylic acids is 3. The summed E-state index contributed by atoms with van der Waals surface area (Å²) in [5, 5.41) is 9.57. The maximum Gasteiger partial charge on any atom is 0.302 e. The van der Waals surface area contributed by atoms with Crippen molar-refractivity contribution in [3.8, 4) is 39.1 Å². The van der Waals surface area contributed by atoms with Gasteiger partial charge in [-0.25, -0.2) is 0 Å². The summed E-state index contributed by atoms with van der Waals surface area (Å²) in [6, 6.07) is 56.9. The van der Waals surface area contributed by atoms with Crippen LogP contribution in [-0.4, -0.2) is 53.1 Å². The second-order valence-corrected chi connectivity index (χ2v) is 15.8. The van der Waals surface area contributed by atoms with E-state index in [2.05, 4.69) is 18.7 Å². The van der Waals surface area contributed by atoms with Crippen molar-refractivity contribution >= 4 is 23.5 Å². The fraction of sp³-hybridized carbons (Fsp3) is 0.161. The third-order valence-corrected chi connectivity index (χ3v) is 11.6. The molecule has 0 aromatic heterocycles. The van der Waals surface area contributed by atoms with Crippen LogP contribution in [0.2, 0.25) is 0 Å². The Balaban J connectivity index is 1.28. The van der Waals surface area contributed by atoms with Gasteiger partial charge in [0.1, 0.15) is 11.9 Å². The van der Waals surface area contributed by atoms with Crippen LogP contribution in [-0.2, 0) is 16.1 Å². The quantitative estimate of drug-likeness (QED) is 0.0591. The van der Waals surface area contributed by atoms with Crippen LogP contribution in [0.4, 0.5) is 5.69 Å². The zero-order valence-electron chi connectivity index (χ0n) is 35.8. The van der Waals surface area contributed by atoms with Crippen molar-refractivity contribution in [1.82, 2.24) is 4.90 Å². The van der Waals surface area contributed by atoms with Crippen LogP contribution in [0.5, 0.6) is 5.75 Å². The Kier molecular flexibility index (Phi) is 13.5. The Labute approximate surface area is 374 Å². The number of esters is 1. The monoisotopic (exact) mass is 846 g/mol.